The van der Waals surface area contributed by atoms with Crippen molar-refractivity contribution >= 4 is 11.7 Å². The van der Waals surface area contributed by atoms with Gasteiger partial charge in [0.25, 0.3) is 0 Å². The lowest BCUT2D eigenvalue weighted by molar-refractivity contribution is 0.0174. The van der Waals surface area contributed by atoms with Crippen molar-refractivity contribution in [2.45, 2.75) is 38.7 Å². The minimum absolute atomic E-state index is 0.0157. The Morgan fingerprint density at radius 1 is 1.33 bits per heavy atom. The molecule has 0 heterocycles. The monoisotopic (exact) mass is 249 g/mol. The van der Waals surface area contributed by atoms with E-state index in [-0.39, 0.29) is 23.5 Å². The van der Waals surface area contributed by atoms with E-state index in [9.17, 15) is 9.90 Å². The van der Waals surface area contributed by atoms with Crippen LogP contribution < -0.4 is 5.73 Å². The van der Waals surface area contributed by atoms with Crippen molar-refractivity contribution in [3.63, 3.8) is 0 Å². The molecule has 0 unspecified atom stereocenters. The van der Waals surface area contributed by atoms with Crippen molar-refractivity contribution in [3.05, 3.63) is 23.8 Å². The number of aromatic hydroxyl groups is 1. The Kier molecular flexibility index (Phi) is 3.75. The number of hydrogen-bond donors (Lipinski definition) is 2. The van der Waals surface area contributed by atoms with Crippen molar-refractivity contribution in [2.24, 2.45) is 5.92 Å². The van der Waals surface area contributed by atoms with Gasteiger partial charge in [0.2, 0.25) is 0 Å². The molecule has 3 N–H and O–H groups in total. The molecule has 0 amide bonds. The van der Waals surface area contributed by atoms with Crippen molar-refractivity contribution in [1.82, 2.24) is 0 Å². The van der Waals surface area contributed by atoms with Crippen LogP contribution in [0, 0.1) is 5.92 Å². The first-order valence-corrected chi connectivity index (χ1v) is 6.35. The smallest absolute Gasteiger partial charge is 0.338 e. The number of carbonyl (C=O) groups is 1. The van der Waals surface area contributed by atoms with E-state index in [2.05, 4.69) is 6.92 Å². The standard InChI is InChI=1S/C14H19NO3/c1-9-2-5-11(6-3-9)18-14(17)10-4-7-13(16)12(15)8-10/h4,7-9,11,16H,2-3,5-6,15H2,1H3. The topological polar surface area (TPSA) is 72.5 Å². The maximum Gasteiger partial charge on any atom is 0.338 e. The van der Waals surface area contributed by atoms with E-state index >= 15 is 0 Å². The van der Waals surface area contributed by atoms with Crippen molar-refractivity contribution in [3.8, 4) is 5.75 Å². The molecule has 98 valence electrons. The van der Waals surface area contributed by atoms with Gasteiger partial charge in [-0.3, -0.25) is 0 Å². The summed E-state index contributed by atoms with van der Waals surface area (Å²) in [6.07, 6.45) is 4.09. The van der Waals surface area contributed by atoms with Crippen molar-refractivity contribution in [1.29, 1.82) is 0 Å². The van der Waals surface area contributed by atoms with Gasteiger partial charge in [-0.1, -0.05) is 6.92 Å². The Hall–Kier alpha value is -1.71. The zero-order valence-electron chi connectivity index (χ0n) is 10.6. The number of esters is 1. The molecule has 4 heteroatoms. The summed E-state index contributed by atoms with van der Waals surface area (Å²) in [5.41, 5.74) is 6.14. The van der Waals surface area contributed by atoms with Crippen LogP contribution in [0.2, 0.25) is 0 Å². The van der Waals surface area contributed by atoms with Gasteiger partial charge in [0.15, 0.2) is 0 Å². The third-order valence-corrected chi connectivity index (χ3v) is 3.50. The van der Waals surface area contributed by atoms with Gasteiger partial charge < -0.3 is 15.6 Å². The van der Waals surface area contributed by atoms with Crippen LogP contribution in [0.3, 0.4) is 0 Å². The Morgan fingerprint density at radius 2 is 2.00 bits per heavy atom. The second-order valence-corrected chi connectivity index (χ2v) is 5.06. The highest BCUT2D eigenvalue weighted by molar-refractivity contribution is 5.91. The third kappa shape index (κ3) is 2.94. The van der Waals surface area contributed by atoms with Gasteiger partial charge in [0, 0.05) is 0 Å². The zero-order valence-corrected chi connectivity index (χ0v) is 10.6. The van der Waals surface area contributed by atoms with Crippen LogP contribution in [0.1, 0.15) is 43.0 Å². The highest BCUT2D eigenvalue weighted by Crippen LogP contribution is 2.27. The lowest BCUT2D eigenvalue weighted by atomic mass is 9.89. The first kappa shape index (κ1) is 12.7. The lowest BCUT2D eigenvalue weighted by Gasteiger charge is -2.26. The molecule has 1 aliphatic carbocycles. The van der Waals surface area contributed by atoms with E-state index in [1.165, 1.54) is 18.2 Å². The van der Waals surface area contributed by atoms with Crippen LogP contribution in [0.15, 0.2) is 18.2 Å². The van der Waals surface area contributed by atoms with E-state index in [1.54, 1.807) is 0 Å². The molecule has 1 saturated carbocycles. The number of phenolic OH excluding ortho intramolecular Hbond substituents is 1. The van der Waals surface area contributed by atoms with E-state index in [0.29, 0.717) is 5.56 Å². The number of rotatable bonds is 2. The molecular formula is C14H19NO3. The summed E-state index contributed by atoms with van der Waals surface area (Å²) in [7, 11) is 0. The number of nitrogen functional groups attached to an aromatic ring is 1. The molecule has 1 aromatic rings. The molecule has 0 aliphatic heterocycles. The fraction of sp³-hybridized carbons (Fsp3) is 0.500. The van der Waals surface area contributed by atoms with E-state index in [1.807, 2.05) is 0 Å². The second-order valence-electron chi connectivity index (χ2n) is 5.06. The molecule has 2 rings (SSSR count). The summed E-state index contributed by atoms with van der Waals surface area (Å²) in [6.45, 7) is 2.22. The molecule has 0 spiro atoms. The van der Waals surface area contributed by atoms with Crippen LogP contribution in [0.25, 0.3) is 0 Å². The first-order chi connectivity index (χ1) is 8.56. The van der Waals surface area contributed by atoms with Crippen molar-refractivity contribution in [2.75, 3.05) is 5.73 Å². The van der Waals surface area contributed by atoms with Crippen LogP contribution >= 0.6 is 0 Å². The van der Waals surface area contributed by atoms with E-state index < -0.39 is 0 Å². The van der Waals surface area contributed by atoms with Gasteiger partial charge in [0.05, 0.1) is 11.3 Å². The Balaban J connectivity index is 1.97. The number of anilines is 1. The van der Waals surface area contributed by atoms with Crippen LogP contribution in [-0.2, 0) is 4.74 Å². The summed E-state index contributed by atoms with van der Waals surface area (Å²) >= 11 is 0. The van der Waals surface area contributed by atoms with Gasteiger partial charge in [-0.2, -0.15) is 0 Å². The molecule has 1 aromatic carbocycles. The Labute approximate surface area is 107 Å². The van der Waals surface area contributed by atoms with Crippen LogP contribution in [0.5, 0.6) is 5.75 Å². The number of hydrogen-bond acceptors (Lipinski definition) is 4. The fourth-order valence-corrected chi connectivity index (χ4v) is 2.25. The Morgan fingerprint density at radius 3 is 2.61 bits per heavy atom. The molecule has 0 aromatic heterocycles. The van der Waals surface area contributed by atoms with E-state index in [0.717, 1.165) is 31.6 Å². The highest BCUT2D eigenvalue weighted by atomic mass is 16.5. The normalized spacial score (nSPS) is 23.6. The van der Waals surface area contributed by atoms with Gasteiger partial charge in [0.1, 0.15) is 11.9 Å². The van der Waals surface area contributed by atoms with Gasteiger partial charge in [-0.05, 0) is 49.8 Å². The summed E-state index contributed by atoms with van der Waals surface area (Å²) in [6, 6.07) is 4.39. The maximum atomic E-state index is 11.9. The predicted octanol–water partition coefficient (Wildman–Crippen LogP) is 2.71. The van der Waals surface area contributed by atoms with Crippen LogP contribution in [-0.4, -0.2) is 17.2 Å². The fourth-order valence-electron chi connectivity index (χ4n) is 2.25. The van der Waals surface area contributed by atoms with Gasteiger partial charge in [-0.15, -0.1) is 0 Å². The second kappa shape index (κ2) is 5.29. The first-order valence-electron chi connectivity index (χ1n) is 6.35. The number of nitrogens with two attached hydrogens (primary N) is 1. The van der Waals surface area contributed by atoms with Crippen LogP contribution in [0.4, 0.5) is 5.69 Å². The maximum absolute atomic E-state index is 11.9. The largest absolute Gasteiger partial charge is 0.506 e. The number of phenols is 1. The zero-order chi connectivity index (χ0) is 13.1. The Bertz CT molecular complexity index is 437. The minimum atomic E-state index is -0.360. The lowest BCUT2D eigenvalue weighted by Crippen LogP contribution is -2.23. The van der Waals surface area contributed by atoms with Gasteiger partial charge in [-0.25, -0.2) is 4.79 Å². The highest BCUT2D eigenvalue weighted by Gasteiger charge is 2.22. The van der Waals surface area contributed by atoms with E-state index in [4.69, 9.17) is 10.5 Å². The SMILES string of the molecule is CC1CCC(OC(=O)c2ccc(O)c(N)c2)CC1. The number of benzene rings is 1. The molecule has 0 radical (unpaired) electrons. The number of carbonyl (C=O) groups excluding carboxylic acids is 1. The summed E-state index contributed by atoms with van der Waals surface area (Å²) in [5.74, 6) is 0.351. The third-order valence-electron chi connectivity index (χ3n) is 3.50. The average molecular weight is 249 g/mol. The molecule has 0 atom stereocenters. The molecule has 1 fully saturated rings. The molecule has 0 saturated heterocycles. The molecule has 4 nitrogen and oxygen atoms in total. The quantitative estimate of drug-likeness (QED) is 0.480. The van der Waals surface area contributed by atoms with Crippen molar-refractivity contribution < 1.29 is 14.6 Å². The molecular weight excluding hydrogens is 230 g/mol. The molecule has 18 heavy (non-hydrogen) atoms. The molecule has 1 aliphatic rings. The summed E-state index contributed by atoms with van der Waals surface area (Å²) < 4.78 is 5.44. The summed E-state index contributed by atoms with van der Waals surface area (Å²) in [5, 5.41) is 9.30. The predicted molar refractivity (Wildman–Crippen MR) is 69.4 cm³/mol. The molecule has 0 bridgehead atoms. The average Bonchev–Trinajstić information content (AvgIpc) is 2.35. The summed E-state index contributed by atoms with van der Waals surface area (Å²) in [4.78, 5) is 11.9. The van der Waals surface area contributed by atoms with Gasteiger partial charge >= 0.3 is 5.97 Å². The minimum Gasteiger partial charge on any atom is -0.506 e. The number of ether oxygens (including phenoxy) is 1.